The Balaban J connectivity index is 2.52. The molecule has 0 aliphatic rings. The van der Waals surface area contributed by atoms with Crippen LogP contribution in [0, 0.1) is 5.92 Å². The fourth-order valence-corrected chi connectivity index (χ4v) is 1.43. The predicted octanol–water partition coefficient (Wildman–Crippen LogP) is 2.54. The van der Waals surface area contributed by atoms with Gasteiger partial charge in [0.05, 0.1) is 7.11 Å². The predicted molar refractivity (Wildman–Crippen MR) is 65.8 cm³/mol. The molecule has 0 radical (unpaired) electrons. The fourth-order valence-electron chi connectivity index (χ4n) is 1.43. The van der Waals surface area contributed by atoms with E-state index in [2.05, 4.69) is 19.2 Å². The van der Waals surface area contributed by atoms with Gasteiger partial charge in [-0.05, 0) is 30.7 Å². The van der Waals surface area contributed by atoms with Gasteiger partial charge in [-0.2, -0.15) is 0 Å². The van der Waals surface area contributed by atoms with E-state index in [0.717, 1.165) is 24.3 Å². The van der Waals surface area contributed by atoms with Crippen LogP contribution in [0.25, 0.3) is 0 Å². The Morgan fingerprint density at radius 3 is 2.81 bits per heavy atom. The molecule has 0 bridgehead atoms. The number of benzene rings is 1. The van der Waals surface area contributed by atoms with Crippen LogP contribution in [0.1, 0.15) is 25.8 Å². The first-order valence-corrected chi connectivity index (χ1v) is 5.74. The Bertz CT molecular complexity index is 326. The summed E-state index contributed by atoms with van der Waals surface area (Å²) in [5, 5.41) is 13.0. The molecule has 0 spiro atoms. The van der Waals surface area contributed by atoms with Crippen LogP contribution in [0.15, 0.2) is 18.2 Å². The number of methoxy groups -OCH3 is 1. The van der Waals surface area contributed by atoms with E-state index in [9.17, 15) is 5.11 Å². The molecule has 1 atom stereocenters. The van der Waals surface area contributed by atoms with Crippen molar-refractivity contribution in [3.05, 3.63) is 23.8 Å². The van der Waals surface area contributed by atoms with Crippen LogP contribution in [-0.4, -0.2) is 18.8 Å². The molecule has 90 valence electrons. The molecular weight excluding hydrogens is 202 g/mol. The van der Waals surface area contributed by atoms with Gasteiger partial charge in [-0.25, -0.2) is 0 Å². The van der Waals surface area contributed by atoms with Gasteiger partial charge in [0.25, 0.3) is 0 Å². The van der Waals surface area contributed by atoms with Gasteiger partial charge in [-0.15, -0.1) is 0 Å². The monoisotopic (exact) mass is 223 g/mol. The fraction of sp³-hybridized carbons (Fsp3) is 0.538. The van der Waals surface area contributed by atoms with Crippen molar-refractivity contribution in [3.8, 4) is 11.5 Å². The van der Waals surface area contributed by atoms with Crippen molar-refractivity contribution in [3.63, 3.8) is 0 Å². The summed E-state index contributed by atoms with van der Waals surface area (Å²) in [6, 6.07) is 5.28. The zero-order valence-corrected chi connectivity index (χ0v) is 10.3. The Morgan fingerprint density at radius 2 is 2.19 bits per heavy atom. The molecule has 3 nitrogen and oxygen atoms in total. The summed E-state index contributed by atoms with van der Waals surface area (Å²) in [6.07, 6.45) is 1.16. The lowest BCUT2D eigenvalue weighted by molar-refractivity contribution is 0.409. The van der Waals surface area contributed by atoms with Crippen LogP contribution in [0.3, 0.4) is 0 Å². The molecule has 1 aromatic rings. The summed E-state index contributed by atoms with van der Waals surface area (Å²) < 4.78 is 5.12. The van der Waals surface area contributed by atoms with Crippen LogP contribution < -0.4 is 10.1 Å². The van der Waals surface area contributed by atoms with Crippen molar-refractivity contribution < 1.29 is 9.84 Å². The van der Waals surface area contributed by atoms with Crippen molar-refractivity contribution in [2.45, 2.75) is 26.8 Å². The summed E-state index contributed by atoms with van der Waals surface area (Å²) in [7, 11) is 1.63. The number of hydrogen-bond acceptors (Lipinski definition) is 3. The lowest BCUT2D eigenvalue weighted by Crippen LogP contribution is -2.20. The van der Waals surface area contributed by atoms with Crippen LogP contribution >= 0.6 is 0 Å². The first-order valence-electron chi connectivity index (χ1n) is 5.74. The molecule has 0 amide bonds. The number of nitrogens with one attached hydrogen (secondary N) is 1. The minimum atomic E-state index is 0.317. The second kappa shape index (κ2) is 6.38. The average Bonchev–Trinajstić information content (AvgIpc) is 2.31. The van der Waals surface area contributed by atoms with Gasteiger partial charge in [0.1, 0.15) is 11.5 Å². The van der Waals surface area contributed by atoms with Crippen LogP contribution in [0.2, 0.25) is 0 Å². The van der Waals surface area contributed by atoms with Gasteiger partial charge < -0.3 is 15.2 Å². The Labute approximate surface area is 97.4 Å². The average molecular weight is 223 g/mol. The Morgan fingerprint density at radius 1 is 1.44 bits per heavy atom. The second-order valence-electron chi connectivity index (χ2n) is 4.14. The maximum atomic E-state index is 9.66. The van der Waals surface area contributed by atoms with Crippen molar-refractivity contribution in [2.75, 3.05) is 13.7 Å². The first-order chi connectivity index (χ1) is 7.67. The third-order valence-electron chi connectivity index (χ3n) is 2.79. The van der Waals surface area contributed by atoms with E-state index in [-0.39, 0.29) is 0 Å². The third kappa shape index (κ3) is 3.74. The van der Waals surface area contributed by atoms with E-state index >= 15 is 0 Å². The molecule has 3 heteroatoms. The number of ether oxygens (including phenoxy) is 1. The normalized spacial score (nSPS) is 12.4. The molecule has 1 rings (SSSR count). The lowest BCUT2D eigenvalue weighted by atomic mass is 10.1. The topological polar surface area (TPSA) is 41.5 Å². The maximum absolute atomic E-state index is 9.66. The van der Waals surface area contributed by atoms with E-state index in [0.29, 0.717) is 18.2 Å². The van der Waals surface area contributed by atoms with Crippen molar-refractivity contribution in [1.82, 2.24) is 5.32 Å². The quantitative estimate of drug-likeness (QED) is 0.778. The highest BCUT2D eigenvalue weighted by molar-refractivity contribution is 5.39. The smallest absolute Gasteiger partial charge is 0.120 e. The van der Waals surface area contributed by atoms with Crippen LogP contribution in [-0.2, 0) is 6.54 Å². The Kier molecular flexibility index (Phi) is 5.12. The van der Waals surface area contributed by atoms with E-state index in [1.54, 1.807) is 19.2 Å². The van der Waals surface area contributed by atoms with E-state index in [1.165, 1.54) is 0 Å². The molecule has 0 fully saturated rings. The zero-order chi connectivity index (χ0) is 12.0. The summed E-state index contributed by atoms with van der Waals surface area (Å²) >= 11 is 0. The van der Waals surface area contributed by atoms with Gasteiger partial charge in [0.15, 0.2) is 0 Å². The second-order valence-corrected chi connectivity index (χ2v) is 4.14. The largest absolute Gasteiger partial charge is 0.508 e. The molecule has 0 saturated carbocycles. The molecular formula is C13H21NO2. The van der Waals surface area contributed by atoms with Gasteiger partial charge in [0.2, 0.25) is 0 Å². The number of hydrogen-bond donors (Lipinski definition) is 2. The van der Waals surface area contributed by atoms with Gasteiger partial charge in [-0.3, -0.25) is 0 Å². The van der Waals surface area contributed by atoms with Gasteiger partial charge >= 0.3 is 0 Å². The lowest BCUT2D eigenvalue weighted by Gasteiger charge is -2.11. The highest BCUT2D eigenvalue weighted by Crippen LogP contribution is 2.22. The molecule has 0 aliphatic carbocycles. The van der Waals surface area contributed by atoms with Gasteiger partial charge in [-0.1, -0.05) is 20.3 Å². The highest BCUT2D eigenvalue weighted by atomic mass is 16.5. The summed E-state index contributed by atoms with van der Waals surface area (Å²) in [6.45, 7) is 6.02. The van der Waals surface area contributed by atoms with E-state index in [4.69, 9.17) is 4.74 Å². The van der Waals surface area contributed by atoms with Crippen LogP contribution in [0.4, 0.5) is 0 Å². The van der Waals surface area contributed by atoms with Crippen molar-refractivity contribution in [2.24, 2.45) is 5.92 Å². The standard InChI is InChI=1S/C13H21NO2/c1-4-10(2)8-14-9-11-7-12(16-3)5-6-13(11)15/h5-7,10,14-15H,4,8-9H2,1-3H3. The number of aromatic hydroxyl groups is 1. The minimum Gasteiger partial charge on any atom is -0.508 e. The van der Waals surface area contributed by atoms with Crippen molar-refractivity contribution in [1.29, 1.82) is 0 Å². The molecule has 0 aromatic heterocycles. The molecule has 1 aromatic carbocycles. The van der Waals surface area contributed by atoms with Crippen LogP contribution in [0.5, 0.6) is 11.5 Å². The van der Waals surface area contributed by atoms with E-state index < -0.39 is 0 Å². The van der Waals surface area contributed by atoms with Gasteiger partial charge in [0, 0.05) is 12.1 Å². The first kappa shape index (κ1) is 12.8. The van der Waals surface area contributed by atoms with E-state index in [1.807, 2.05) is 6.07 Å². The SMILES string of the molecule is CCC(C)CNCc1cc(OC)ccc1O. The Hall–Kier alpha value is -1.22. The number of phenolic OH excluding ortho intramolecular Hbond substituents is 1. The molecule has 2 N–H and O–H groups in total. The maximum Gasteiger partial charge on any atom is 0.120 e. The van der Waals surface area contributed by atoms with Crippen molar-refractivity contribution >= 4 is 0 Å². The summed E-state index contributed by atoms with van der Waals surface area (Å²) in [5.41, 5.74) is 0.877. The number of rotatable bonds is 6. The summed E-state index contributed by atoms with van der Waals surface area (Å²) in [5.74, 6) is 1.75. The number of phenols is 1. The molecule has 0 saturated heterocycles. The zero-order valence-electron chi connectivity index (χ0n) is 10.3. The highest BCUT2D eigenvalue weighted by Gasteiger charge is 2.04. The molecule has 16 heavy (non-hydrogen) atoms. The molecule has 0 aliphatic heterocycles. The molecule has 1 unspecified atom stereocenters. The third-order valence-corrected chi connectivity index (χ3v) is 2.79. The molecule has 0 heterocycles. The summed E-state index contributed by atoms with van der Waals surface area (Å²) in [4.78, 5) is 0. The minimum absolute atomic E-state index is 0.317.